The number of carbonyl (C=O) groups excluding carboxylic acids is 6. The van der Waals surface area contributed by atoms with Gasteiger partial charge in [0, 0.05) is 28.7 Å². The fourth-order valence-electron chi connectivity index (χ4n) is 4.56. The lowest BCUT2D eigenvalue weighted by Gasteiger charge is -2.21. The largest absolute Gasteiger partial charge is 0.465 e. The maximum absolute atomic E-state index is 11.7. The molecule has 15 nitrogen and oxygen atoms in total. The third-order valence-electron chi connectivity index (χ3n) is 7.64. The summed E-state index contributed by atoms with van der Waals surface area (Å²) in [7, 11) is 3.83. The molecule has 2 unspecified atom stereocenters. The molecule has 1 heterocycles. The van der Waals surface area contributed by atoms with Gasteiger partial charge >= 0.3 is 24.1 Å². The minimum atomic E-state index is -0.645. The first-order valence-corrected chi connectivity index (χ1v) is 17.9. The smallest absolute Gasteiger partial charge is 0.373 e. The zero-order chi connectivity index (χ0) is 41.4. The van der Waals surface area contributed by atoms with Crippen molar-refractivity contribution in [3.05, 3.63) is 101 Å². The van der Waals surface area contributed by atoms with Crippen molar-refractivity contribution in [2.24, 2.45) is 0 Å². The molecule has 0 aliphatic carbocycles. The predicted molar refractivity (Wildman–Crippen MR) is 201 cm³/mol. The van der Waals surface area contributed by atoms with Gasteiger partial charge in [0.15, 0.2) is 0 Å². The third kappa shape index (κ3) is 13.1. The Balaban J connectivity index is 0.000000392. The van der Waals surface area contributed by atoms with Gasteiger partial charge in [0.25, 0.3) is 11.4 Å². The molecule has 290 valence electrons. The second-order valence-electron chi connectivity index (χ2n) is 11.3. The van der Waals surface area contributed by atoms with Gasteiger partial charge in [-0.05, 0) is 80.6 Å². The monoisotopic (exact) mass is 806 g/mol. The van der Waals surface area contributed by atoms with Crippen LogP contribution in [-0.2, 0) is 35.0 Å². The number of fused-ring (bicyclic) bond motifs is 1. The van der Waals surface area contributed by atoms with Crippen LogP contribution in [0, 0.1) is 41.0 Å². The van der Waals surface area contributed by atoms with E-state index in [9.17, 15) is 39.4 Å². The molecule has 0 spiro atoms. The number of benzene rings is 3. The van der Waals surface area contributed by atoms with Crippen LogP contribution in [-0.4, -0.2) is 71.5 Å². The number of rotatable bonds is 8. The van der Waals surface area contributed by atoms with Crippen molar-refractivity contribution in [1.82, 2.24) is 0 Å². The number of Topliss-reactive ketones (excluding diaryl/α,β-unsaturated/α-hetero) is 1. The van der Waals surface area contributed by atoms with E-state index >= 15 is 0 Å². The summed E-state index contributed by atoms with van der Waals surface area (Å²) < 4.78 is 13.8. The van der Waals surface area contributed by atoms with Gasteiger partial charge in [-0.2, -0.15) is 9.59 Å². The first-order chi connectivity index (χ1) is 25.3. The predicted octanol–water partition coefficient (Wildman–Crippen LogP) is 7.73. The SMILES string of the molecule is CCC(C)Sc1cc(C)c(C(=O)OC)cc1[N+](=O)[O-].COC(=O)c1cc([N+](=O)[O-])c(Cl)cc1C.COC(=O)c1cc2c(cc1C)SC(C)C(=O)C2.O=C=O. The molecule has 18 heteroatoms. The van der Waals surface area contributed by atoms with Crippen molar-refractivity contribution in [1.29, 1.82) is 0 Å². The molecule has 3 aromatic rings. The highest BCUT2D eigenvalue weighted by Crippen LogP contribution is 2.36. The van der Waals surface area contributed by atoms with Gasteiger partial charge in [0.1, 0.15) is 10.8 Å². The molecule has 1 aliphatic rings. The highest BCUT2D eigenvalue weighted by atomic mass is 35.5. The Bertz CT molecular complexity index is 1950. The van der Waals surface area contributed by atoms with E-state index in [-0.39, 0.29) is 55.9 Å². The maximum atomic E-state index is 11.7. The number of hydrogen-bond acceptors (Lipinski definition) is 15. The van der Waals surface area contributed by atoms with Crippen LogP contribution >= 0.6 is 35.1 Å². The number of carbonyl (C=O) groups is 4. The highest BCUT2D eigenvalue weighted by molar-refractivity contribution is 8.00. The van der Waals surface area contributed by atoms with Gasteiger partial charge < -0.3 is 14.2 Å². The Morgan fingerprint density at radius 2 is 1.28 bits per heavy atom. The van der Waals surface area contributed by atoms with Crippen LogP contribution < -0.4 is 0 Å². The van der Waals surface area contributed by atoms with E-state index in [1.54, 1.807) is 37.7 Å². The average Bonchev–Trinajstić information content (AvgIpc) is 3.11. The number of aryl methyl sites for hydroxylation is 3. The summed E-state index contributed by atoms with van der Waals surface area (Å²) in [6, 6.07) is 9.21. The number of esters is 3. The summed E-state index contributed by atoms with van der Waals surface area (Å²) in [5.74, 6) is -1.31. The van der Waals surface area contributed by atoms with Crippen molar-refractivity contribution < 1.29 is 52.8 Å². The van der Waals surface area contributed by atoms with Crippen LogP contribution in [0.4, 0.5) is 11.4 Å². The van der Waals surface area contributed by atoms with Crippen LogP contribution in [0.25, 0.3) is 0 Å². The zero-order valence-electron chi connectivity index (χ0n) is 30.9. The average molecular weight is 807 g/mol. The molecule has 4 rings (SSSR count). The van der Waals surface area contributed by atoms with Crippen molar-refractivity contribution in [3.8, 4) is 0 Å². The van der Waals surface area contributed by atoms with Gasteiger partial charge in [-0.3, -0.25) is 25.0 Å². The minimum absolute atomic E-state index is 0.00477. The second-order valence-corrected chi connectivity index (χ2v) is 14.6. The fraction of sp³-hybridized carbons (Fsp3) is 0.361. The molecule has 0 saturated carbocycles. The van der Waals surface area contributed by atoms with E-state index in [4.69, 9.17) is 25.9 Å². The first-order valence-electron chi connectivity index (χ1n) is 15.8. The van der Waals surface area contributed by atoms with E-state index in [0.717, 1.165) is 28.5 Å². The summed E-state index contributed by atoms with van der Waals surface area (Å²) in [4.78, 5) is 84.5. The quantitative estimate of drug-likeness (QED) is 0.0699. The topological polar surface area (TPSA) is 216 Å². The Labute approximate surface area is 324 Å². The van der Waals surface area contributed by atoms with Gasteiger partial charge in [-0.25, -0.2) is 14.4 Å². The molecular weight excluding hydrogens is 768 g/mol. The number of methoxy groups -OCH3 is 3. The summed E-state index contributed by atoms with van der Waals surface area (Å²) >= 11 is 8.66. The molecule has 54 heavy (non-hydrogen) atoms. The third-order valence-corrected chi connectivity index (χ3v) is 10.5. The Morgan fingerprint density at radius 3 is 1.72 bits per heavy atom. The molecule has 0 bridgehead atoms. The molecule has 0 amide bonds. The summed E-state index contributed by atoms with van der Waals surface area (Å²) in [6.45, 7) is 11.2. The van der Waals surface area contributed by atoms with Gasteiger partial charge in [0.2, 0.25) is 0 Å². The number of hydrogen-bond donors (Lipinski definition) is 0. The van der Waals surface area contributed by atoms with E-state index in [0.29, 0.717) is 28.0 Å². The molecule has 0 saturated heterocycles. The Morgan fingerprint density at radius 1 is 0.852 bits per heavy atom. The van der Waals surface area contributed by atoms with Crippen molar-refractivity contribution in [2.75, 3.05) is 21.3 Å². The standard InChI is InChI=1S/C13H17NO4S.C13H14O3S.C9H8ClNO4.CO2/c1-5-9(3)19-12-6-8(2)10(13(15)18-4)7-11(12)14(16)17;1-7-4-12-9(5-10(7)13(15)16-3)6-11(14)8(2)17-12;1-5-3-7(10)8(11(13)14)4-6(5)9(12)15-2;2-1-3/h6-7,9H,5H2,1-4H3;4-5,8H,6H2,1-3H3;3-4H,1-2H3;. The maximum Gasteiger partial charge on any atom is 0.373 e. The van der Waals surface area contributed by atoms with Crippen LogP contribution in [0.5, 0.6) is 0 Å². The van der Waals surface area contributed by atoms with Gasteiger partial charge in [-0.1, -0.05) is 25.4 Å². The Hall–Kier alpha value is -5.09. The van der Waals surface area contributed by atoms with Crippen LogP contribution in [0.1, 0.15) is 80.5 Å². The van der Waals surface area contributed by atoms with Gasteiger partial charge in [-0.15, -0.1) is 23.5 Å². The van der Waals surface area contributed by atoms with Crippen molar-refractivity contribution >= 4 is 76.3 Å². The summed E-state index contributed by atoms with van der Waals surface area (Å²) in [5.41, 5.74) is 3.64. The molecule has 0 aromatic heterocycles. The summed E-state index contributed by atoms with van der Waals surface area (Å²) in [5, 5.41) is 22.0. The molecule has 0 fully saturated rings. The van der Waals surface area contributed by atoms with E-state index in [1.807, 2.05) is 33.8 Å². The summed E-state index contributed by atoms with van der Waals surface area (Å²) in [6.07, 6.45) is 1.58. The Kier molecular flexibility index (Phi) is 19.3. The van der Waals surface area contributed by atoms with Gasteiger partial charge in [0.05, 0.1) is 58.0 Å². The van der Waals surface area contributed by atoms with Crippen LogP contribution in [0.15, 0.2) is 46.2 Å². The lowest BCUT2D eigenvalue weighted by atomic mass is 10.00. The van der Waals surface area contributed by atoms with Crippen LogP contribution in [0.3, 0.4) is 0 Å². The number of thioether (sulfide) groups is 2. The van der Waals surface area contributed by atoms with Crippen molar-refractivity contribution in [2.45, 2.75) is 74.7 Å². The fourth-order valence-corrected chi connectivity index (χ4v) is 7.07. The normalized spacial score (nSPS) is 13.0. The number of nitro benzene ring substituents is 2. The number of halogens is 1. The lowest BCUT2D eigenvalue weighted by molar-refractivity contribution is -0.387. The van der Waals surface area contributed by atoms with E-state index < -0.39 is 21.8 Å². The molecule has 1 aliphatic heterocycles. The highest BCUT2D eigenvalue weighted by Gasteiger charge is 2.26. The van der Waals surface area contributed by atoms with E-state index in [2.05, 4.69) is 9.47 Å². The van der Waals surface area contributed by atoms with Crippen LogP contribution in [0.2, 0.25) is 5.02 Å². The second kappa shape index (κ2) is 22.2. The van der Waals surface area contributed by atoms with Crippen molar-refractivity contribution in [3.63, 3.8) is 0 Å². The molecule has 2 atom stereocenters. The molecular formula is C36H39ClN2O13S2. The molecule has 3 aromatic carbocycles. The minimum Gasteiger partial charge on any atom is -0.465 e. The number of nitro groups is 2. The van der Waals surface area contributed by atoms with E-state index in [1.165, 1.54) is 45.2 Å². The number of nitrogens with zero attached hydrogens (tertiary/aromatic N) is 2. The lowest BCUT2D eigenvalue weighted by Crippen LogP contribution is -2.21. The number of ketones is 1. The molecule has 0 radical (unpaired) electrons. The molecule has 0 N–H and O–H groups in total. The first kappa shape index (κ1) is 46.9. The zero-order valence-corrected chi connectivity index (χ0v) is 33.3. The number of ether oxygens (including phenoxy) is 3.